The molecule has 5 aliphatic carbocycles. The van der Waals surface area contributed by atoms with Crippen LogP contribution in [0.4, 0.5) is 0 Å². The summed E-state index contributed by atoms with van der Waals surface area (Å²) in [5.41, 5.74) is 1.58. The van der Waals surface area contributed by atoms with E-state index in [1.807, 2.05) is 6.08 Å². The summed E-state index contributed by atoms with van der Waals surface area (Å²) < 4.78 is 0. The highest BCUT2D eigenvalue weighted by Crippen LogP contribution is 2.76. The van der Waals surface area contributed by atoms with Gasteiger partial charge in [-0.3, -0.25) is 0 Å². The number of aliphatic imine (C=N–C) groups is 1. The number of aliphatic hydroxyl groups excluding tert-OH is 1. The Morgan fingerprint density at radius 1 is 0.879 bits per heavy atom. The van der Waals surface area contributed by atoms with Crippen molar-refractivity contribution in [3.8, 4) is 0 Å². The SMILES string of the molecule is C=C(C)C1(N=C=O)CCC2CCC3(C)C(CCC4C5(C)CCC(O)C(C)(C)C5CCC43C)C21. The number of fused-ring (bicyclic) bond motifs is 7. The second-order valence-corrected chi connectivity index (χ2v) is 14.3. The van der Waals surface area contributed by atoms with Crippen LogP contribution >= 0.6 is 0 Å². The van der Waals surface area contributed by atoms with Crippen molar-refractivity contribution in [1.82, 2.24) is 0 Å². The predicted molar refractivity (Wildman–Crippen MR) is 133 cm³/mol. The maximum absolute atomic E-state index is 11.6. The number of hydrogen-bond donors (Lipinski definition) is 1. The number of carbonyl (C=O) groups excluding carboxylic acids is 1. The molecule has 0 heterocycles. The van der Waals surface area contributed by atoms with E-state index in [0.717, 1.165) is 18.4 Å². The molecule has 1 N–H and O–H groups in total. The molecule has 0 bridgehead atoms. The van der Waals surface area contributed by atoms with E-state index in [-0.39, 0.29) is 22.5 Å². The zero-order chi connectivity index (χ0) is 24.0. The van der Waals surface area contributed by atoms with E-state index in [1.165, 1.54) is 51.4 Å². The number of hydrogen-bond acceptors (Lipinski definition) is 3. The van der Waals surface area contributed by atoms with Crippen LogP contribution in [0.25, 0.3) is 0 Å². The molecular weight excluding hydrogens is 406 g/mol. The summed E-state index contributed by atoms with van der Waals surface area (Å²) in [5, 5.41) is 10.9. The summed E-state index contributed by atoms with van der Waals surface area (Å²) in [6, 6.07) is 0. The average Bonchev–Trinajstić information content (AvgIpc) is 3.12. The lowest BCUT2D eigenvalue weighted by atomic mass is 9.33. The highest BCUT2D eigenvalue weighted by molar-refractivity contribution is 5.40. The lowest BCUT2D eigenvalue weighted by Crippen LogP contribution is -2.66. The third-order valence-corrected chi connectivity index (χ3v) is 13.3. The van der Waals surface area contributed by atoms with Gasteiger partial charge >= 0.3 is 0 Å². The Bertz CT molecular complexity index is 884. The first-order valence-corrected chi connectivity index (χ1v) is 13.8. The zero-order valence-electron chi connectivity index (χ0n) is 22.0. The van der Waals surface area contributed by atoms with Gasteiger partial charge in [0.2, 0.25) is 6.08 Å². The third kappa shape index (κ3) is 2.79. The molecule has 0 aromatic rings. The van der Waals surface area contributed by atoms with Crippen molar-refractivity contribution < 1.29 is 9.90 Å². The van der Waals surface area contributed by atoms with E-state index in [0.29, 0.717) is 40.4 Å². The minimum Gasteiger partial charge on any atom is -0.393 e. The van der Waals surface area contributed by atoms with Gasteiger partial charge in [-0.2, -0.15) is 4.99 Å². The van der Waals surface area contributed by atoms with Crippen molar-refractivity contribution in [2.45, 2.75) is 117 Å². The van der Waals surface area contributed by atoms with Crippen molar-refractivity contribution in [2.24, 2.45) is 56.2 Å². The smallest absolute Gasteiger partial charge is 0.235 e. The first-order chi connectivity index (χ1) is 15.4. The van der Waals surface area contributed by atoms with Crippen molar-refractivity contribution in [3.05, 3.63) is 12.2 Å². The molecule has 0 aromatic carbocycles. The Labute approximate surface area is 201 Å². The van der Waals surface area contributed by atoms with Gasteiger partial charge in [0.15, 0.2) is 0 Å². The second kappa shape index (κ2) is 7.30. The van der Waals surface area contributed by atoms with Gasteiger partial charge in [-0.25, -0.2) is 4.79 Å². The van der Waals surface area contributed by atoms with Crippen molar-refractivity contribution >= 4 is 6.08 Å². The van der Waals surface area contributed by atoms with Crippen LogP contribution < -0.4 is 0 Å². The number of rotatable bonds is 2. The van der Waals surface area contributed by atoms with Gasteiger partial charge in [-0.15, -0.1) is 0 Å². The van der Waals surface area contributed by atoms with Crippen LogP contribution in [0.1, 0.15) is 106 Å². The largest absolute Gasteiger partial charge is 0.393 e. The molecule has 0 amide bonds. The van der Waals surface area contributed by atoms with Crippen LogP contribution in [0.3, 0.4) is 0 Å². The lowest BCUT2D eigenvalue weighted by Gasteiger charge is -2.72. The Morgan fingerprint density at radius 2 is 1.55 bits per heavy atom. The summed E-state index contributed by atoms with van der Waals surface area (Å²) >= 11 is 0. The van der Waals surface area contributed by atoms with Gasteiger partial charge in [-0.1, -0.05) is 46.8 Å². The third-order valence-electron chi connectivity index (χ3n) is 13.3. The standard InChI is InChI=1S/C30H47NO2/c1-19(2)30(31-18-32)17-11-20-10-15-28(6)21(25(20)30)8-9-23-27(5)14-13-24(33)26(3,4)22(27)12-16-29(23,28)7/h20-25,33H,1,8-17H2,2-7H3. The molecule has 5 aliphatic rings. The molecule has 3 nitrogen and oxygen atoms in total. The van der Waals surface area contributed by atoms with Crippen LogP contribution in [0.15, 0.2) is 17.1 Å². The van der Waals surface area contributed by atoms with Crippen LogP contribution in [-0.2, 0) is 4.79 Å². The van der Waals surface area contributed by atoms with E-state index in [4.69, 9.17) is 0 Å². The van der Waals surface area contributed by atoms with Gasteiger partial charge < -0.3 is 5.11 Å². The maximum atomic E-state index is 11.6. The Balaban J connectivity index is 1.56. The van der Waals surface area contributed by atoms with E-state index >= 15 is 0 Å². The molecule has 33 heavy (non-hydrogen) atoms. The van der Waals surface area contributed by atoms with Crippen LogP contribution in [0.5, 0.6) is 0 Å². The van der Waals surface area contributed by atoms with Gasteiger partial charge in [0.05, 0.1) is 11.6 Å². The molecule has 0 aliphatic heterocycles. The van der Waals surface area contributed by atoms with Crippen LogP contribution in [0, 0.1) is 51.2 Å². The fourth-order valence-corrected chi connectivity index (χ4v) is 11.4. The Morgan fingerprint density at radius 3 is 2.21 bits per heavy atom. The van der Waals surface area contributed by atoms with Crippen molar-refractivity contribution in [3.63, 3.8) is 0 Å². The molecule has 0 saturated heterocycles. The predicted octanol–water partition coefficient (Wildman–Crippen LogP) is 7.09. The summed E-state index contributed by atoms with van der Waals surface area (Å²) in [6.07, 6.45) is 13.7. The van der Waals surface area contributed by atoms with E-state index in [2.05, 4.69) is 53.1 Å². The lowest BCUT2D eigenvalue weighted by molar-refractivity contribution is -0.241. The minimum atomic E-state index is -0.389. The maximum Gasteiger partial charge on any atom is 0.235 e. The summed E-state index contributed by atoms with van der Waals surface area (Å²) in [4.78, 5) is 16.2. The molecule has 5 saturated carbocycles. The number of isocyanates is 1. The average molecular weight is 454 g/mol. The molecule has 184 valence electrons. The molecule has 0 radical (unpaired) electrons. The Kier molecular flexibility index (Phi) is 5.26. The molecule has 5 rings (SSSR count). The molecule has 10 atom stereocenters. The second-order valence-electron chi connectivity index (χ2n) is 14.3. The fourth-order valence-electron chi connectivity index (χ4n) is 11.4. The summed E-state index contributed by atoms with van der Waals surface area (Å²) in [6.45, 7) is 19.0. The topological polar surface area (TPSA) is 49.7 Å². The summed E-state index contributed by atoms with van der Waals surface area (Å²) in [5.74, 6) is 3.04. The minimum absolute atomic E-state index is 0.00295. The highest BCUT2D eigenvalue weighted by atomic mass is 16.3. The van der Waals surface area contributed by atoms with Crippen LogP contribution in [-0.4, -0.2) is 22.8 Å². The van der Waals surface area contributed by atoms with Crippen molar-refractivity contribution in [2.75, 3.05) is 0 Å². The number of nitrogens with zero attached hydrogens (tertiary/aromatic N) is 1. The normalized spacial score (nSPS) is 54.8. The van der Waals surface area contributed by atoms with Gasteiger partial charge in [-0.05, 0) is 122 Å². The first kappa shape index (κ1) is 23.8. The monoisotopic (exact) mass is 453 g/mol. The Hall–Kier alpha value is -0.920. The zero-order valence-corrected chi connectivity index (χ0v) is 22.0. The van der Waals surface area contributed by atoms with E-state index in [9.17, 15) is 9.90 Å². The molecule has 0 aromatic heterocycles. The van der Waals surface area contributed by atoms with Gasteiger partial charge in [0.1, 0.15) is 0 Å². The molecule has 0 spiro atoms. The number of aliphatic hydroxyl groups is 1. The molecule has 5 fully saturated rings. The van der Waals surface area contributed by atoms with Gasteiger partial charge in [0.25, 0.3) is 0 Å². The highest BCUT2D eigenvalue weighted by Gasteiger charge is 2.70. The van der Waals surface area contributed by atoms with E-state index < -0.39 is 0 Å². The fraction of sp³-hybridized carbons (Fsp3) is 0.900. The summed E-state index contributed by atoms with van der Waals surface area (Å²) in [7, 11) is 0. The van der Waals surface area contributed by atoms with Crippen LogP contribution in [0.2, 0.25) is 0 Å². The first-order valence-electron chi connectivity index (χ1n) is 13.8. The molecular formula is C30H47NO2. The van der Waals surface area contributed by atoms with E-state index in [1.54, 1.807) is 0 Å². The molecule has 3 heteroatoms. The molecule has 10 unspecified atom stereocenters. The quantitative estimate of drug-likeness (QED) is 0.275. The van der Waals surface area contributed by atoms with Gasteiger partial charge in [0, 0.05) is 0 Å². The van der Waals surface area contributed by atoms with Crippen molar-refractivity contribution in [1.29, 1.82) is 0 Å².